The molecular weight excluding hydrogens is 150 g/mol. The van der Waals surface area contributed by atoms with Crippen molar-refractivity contribution in [2.75, 3.05) is 13.2 Å². The van der Waals surface area contributed by atoms with Crippen LogP contribution in [0.1, 0.15) is 13.8 Å². The van der Waals surface area contributed by atoms with Crippen molar-refractivity contribution >= 4 is 0 Å². The third-order valence-corrected chi connectivity index (χ3v) is 1.70. The van der Waals surface area contributed by atoms with Crippen LogP contribution in [-0.2, 0) is 9.47 Å². The number of nitrogens with zero attached hydrogens (tertiary/aromatic N) is 1. The van der Waals surface area contributed by atoms with E-state index in [-0.39, 0.29) is 24.4 Å². The van der Waals surface area contributed by atoms with Gasteiger partial charge < -0.3 is 9.47 Å². The van der Waals surface area contributed by atoms with Gasteiger partial charge in [0.25, 0.3) is 5.54 Å². The molecule has 0 atom stereocenters. The number of hydrogen-bond acceptors (Lipinski definition) is 4. The molecule has 5 nitrogen and oxygen atoms in total. The van der Waals surface area contributed by atoms with Crippen molar-refractivity contribution < 1.29 is 14.4 Å². The zero-order chi connectivity index (χ0) is 8.48. The first-order valence-electron chi connectivity index (χ1n) is 3.42. The average Bonchev–Trinajstić information content (AvgIpc) is 1.95. The summed E-state index contributed by atoms with van der Waals surface area (Å²) in [6.07, 6.45) is -0.317. The van der Waals surface area contributed by atoms with E-state index in [1.165, 1.54) is 6.92 Å². The van der Waals surface area contributed by atoms with Gasteiger partial charge in [0.2, 0.25) is 0 Å². The summed E-state index contributed by atoms with van der Waals surface area (Å²) in [5.74, 6) is 0. The van der Waals surface area contributed by atoms with Gasteiger partial charge in [-0.25, -0.2) is 0 Å². The fraction of sp³-hybridized carbons (Fsp3) is 1.00. The maximum absolute atomic E-state index is 10.4. The summed E-state index contributed by atoms with van der Waals surface area (Å²) in [4.78, 5) is 10.1. The van der Waals surface area contributed by atoms with Crippen LogP contribution in [-0.4, -0.2) is 30.0 Å². The predicted octanol–water partition coefficient (Wildman–Crippen LogP) is 0.415. The van der Waals surface area contributed by atoms with E-state index in [0.29, 0.717) is 0 Å². The van der Waals surface area contributed by atoms with Crippen LogP contribution in [0.5, 0.6) is 0 Å². The summed E-state index contributed by atoms with van der Waals surface area (Å²) in [5.41, 5.74) is -1.06. The lowest BCUT2D eigenvalue weighted by Gasteiger charge is -2.29. The minimum atomic E-state index is -1.06. The van der Waals surface area contributed by atoms with Gasteiger partial charge in [-0.2, -0.15) is 0 Å². The Morgan fingerprint density at radius 2 is 2.00 bits per heavy atom. The van der Waals surface area contributed by atoms with E-state index in [4.69, 9.17) is 9.47 Å². The first-order chi connectivity index (χ1) is 5.04. The molecule has 0 spiro atoms. The van der Waals surface area contributed by atoms with Crippen LogP contribution in [0.4, 0.5) is 0 Å². The second-order valence-corrected chi connectivity index (χ2v) is 2.94. The molecule has 0 saturated carbocycles. The third-order valence-electron chi connectivity index (χ3n) is 1.70. The third kappa shape index (κ3) is 1.66. The van der Waals surface area contributed by atoms with E-state index in [1.807, 2.05) is 0 Å². The molecule has 64 valence electrons. The number of ether oxygens (including phenoxy) is 2. The molecule has 0 unspecified atom stereocenters. The van der Waals surface area contributed by atoms with Gasteiger partial charge in [-0.05, 0) is 6.92 Å². The van der Waals surface area contributed by atoms with Crippen molar-refractivity contribution in [3.8, 4) is 0 Å². The molecule has 0 radical (unpaired) electrons. The molecule has 5 heteroatoms. The fourth-order valence-electron chi connectivity index (χ4n) is 0.789. The molecule has 1 rings (SSSR count). The maximum atomic E-state index is 10.4. The zero-order valence-corrected chi connectivity index (χ0v) is 6.57. The minimum absolute atomic E-state index is 0.126. The van der Waals surface area contributed by atoms with Crippen molar-refractivity contribution in [2.24, 2.45) is 0 Å². The lowest BCUT2D eigenvalue weighted by molar-refractivity contribution is -0.586. The highest BCUT2D eigenvalue weighted by molar-refractivity contribution is 4.75. The molecule has 0 aromatic carbocycles. The highest BCUT2D eigenvalue weighted by Gasteiger charge is 2.42. The van der Waals surface area contributed by atoms with Crippen molar-refractivity contribution in [3.63, 3.8) is 0 Å². The molecule has 1 saturated heterocycles. The van der Waals surface area contributed by atoms with Crippen molar-refractivity contribution in [3.05, 3.63) is 10.1 Å². The van der Waals surface area contributed by atoms with Crippen molar-refractivity contribution in [1.82, 2.24) is 0 Å². The van der Waals surface area contributed by atoms with Gasteiger partial charge in [0.15, 0.2) is 6.29 Å². The number of hydrogen-bond donors (Lipinski definition) is 0. The summed E-state index contributed by atoms with van der Waals surface area (Å²) in [7, 11) is 0. The van der Waals surface area contributed by atoms with Crippen molar-refractivity contribution in [2.45, 2.75) is 25.7 Å². The van der Waals surface area contributed by atoms with Crippen LogP contribution in [0, 0.1) is 10.1 Å². The van der Waals surface area contributed by atoms with Gasteiger partial charge in [0.1, 0.15) is 13.2 Å². The highest BCUT2D eigenvalue weighted by Crippen LogP contribution is 2.17. The van der Waals surface area contributed by atoms with E-state index in [2.05, 4.69) is 0 Å². The predicted molar refractivity (Wildman–Crippen MR) is 36.8 cm³/mol. The standard InChI is InChI=1S/C6H11NO4/c1-5-10-3-6(2,4-11-5)7(8)9/h5H,3-4H2,1-2H3. The smallest absolute Gasteiger partial charge is 0.265 e. The van der Waals surface area contributed by atoms with Gasteiger partial charge >= 0.3 is 0 Å². The molecule has 11 heavy (non-hydrogen) atoms. The first kappa shape index (κ1) is 8.42. The van der Waals surface area contributed by atoms with Crippen molar-refractivity contribution in [1.29, 1.82) is 0 Å². The van der Waals surface area contributed by atoms with Crippen LogP contribution in [0.25, 0.3) is 0 Å². The van der Waals surface area contributed by atoms with Gasteiger partial charge in [0, 0.05) is 11.8 Å². The van der Waals surface area contributed by atoms with E-state index < -0.39 is 5.54 Å². The molecule has 0 N–H and O–H groups in total. The van der Waals surface area contributed by atoms with E-state index in [0.717, 1.165) is 0 Å². The Bertz CT molecular complexity index is 162. The molecular formula is C6H11NO4. The Morgan fingerprint density at radius 1 is 1.55 bits per heavy atom. The summed E-state index contributed by atoms with van der Waals surface area (Å²) in [6, 6.07) is 0. The largest absolute Gasteiger partial charge is 0.345 e. The quantitative estimate of drug-likeness (QED) is 0.413. The molecule has 1 fully saturated rings. The lowest BCUT2D eigenvalue weighted by atomic mass is 10.1. The molecule has 0 bridgehead atoms. The van der Waals surface area contributed by atoms with Crippen LogP contribution >= 0.6 is 0 Å². The van der Waals surface area contributed by atoms with Gasteiger partial charge in [0.05, 0.1) is 0 Å². The van der Waals surface area contributed by atoms with Crippen LogP contribution in [0.2, 0.25) is 0 Å². The molecule has 0 aromatic rings. The zero-order valence-electron chi connectivity index (χ0n) is 6.57. The molecule has 1 aliphatic rings. The molecule has 1 heterocycles. The van der Waals surface area contributed by atoms with E-state index >= 15 is 0 Å². The van der Waals surface area contributed by atoms with Gasteiger partial charge in [-0.15, -0.1) is 0 Å². The SMILES string of the molecule is CC1OCC(C)([N+](=O)[O-])CO1. The maximum Gasteiger partial charge on any atom is 0.265 e. The molecule has 0 amide bonds. The van der Waals surface area contributed by atoms with E-state index in [9.17, 15) is 10.1 Å². The summed E-state index contributed by atoms with van der Waals surface area (Å²) in [5, 5.41) is 10.4. The summed E-state index contributed by atoms with van der Waals surface area (Å²) < 4.78 is 9.98. The van der Waals surface area contributed by atoms with Crippen LogP contribution in [0.15, 0.2) is 0 Å². The molecule has 0 aliphatic carbocycles. The Labute approximate surface area is 64.4 Å². The van der Waals surface area contributed by atoms with Gasteiger partial charge in [-0.3, -0.25) is 10.1 Å². The number of rotatable bonds is 1. The van der Waals surface area contributed by atoms with E-state index in [1.54, 1.807) is 6.92 Å². The second-order valence-electron chi connectivity index (χ2n) is 2.94. The topological polar surface area (TPSA) is 61.6 Å². The Kier molecular flexibility index (Phi) is 2.10. The first-order valence-corrected chi connectivity index (χ1v) is 3.42. The summed E-state index contributed by atoms with van der Waals surface area (Å²) >= 11 is 0. The van der Waals surface area contributed by atoms with Crippen LogP contribution in [0.3, 0.4) is 0 Å². The monoisotopic (exact) mass is 161 g/mol. The van der Waals surface area contributed by atoms with Gasteiger partial charge in [-0.1, -0.05) is 0 Å². The minimum Gasteiger partial charge on any atom is -0.345 e. The Morgan fingerprint density at radius 3 is 2.36 bits per heavy atom. The Hall–Kier alpha value is -0.680. The normalized spacial score (nSPS) is 38.5. The number of nitro groups is 1. The highest BCUT2D eigenvalue weighted by atomic mass is 16.7. The molecule has 1 aliphatic heterocycles. The molecule has 0 aromatic heterocycles. The second kappa shape index (κ2) is 2.75. The average molecular weight is 161 g/mol. The summed E-state index contributed by atoms with van der Waals surface area (Å²) in [6.45, 7) is 3.49. The van der Waals surface area contributed by atoms with Crippen LogP contribution < -0.4 is 0 Å². The Balaban J connectivity index is 2.55. The fourth-order valence-corrected chi connectivity index (χ4v) is 0.789. The lowest BCUT2D eigenvalue weighted by Crippen LogP contribution is -2.50.